The number of ether oxygens (including phenoxy) is 1. The summed E-state index contributed by atoms with van der Waals surface area (Å²) in [6.07, 6.45) is 0.983. The van der Waals surface area contributed by atoms with E-state index in [1.54, 1.807) is 6.61 Å². The molecule has 0 spiro atoms. The number of rotatable bonds is 1. The van der Waals surface area contributed by atoms with Gasteiger partial charge in [-0.2, -0.15) is 0 Å². The van der Waals surface area contributed by atoms with Crippen LogP contribution in [0, 0.1) is 12.5 Å². The molecular formula is C5H9O2. The molecule has 1 saturated heterocycles. The molecule has 0 bridgehead atoms. The molecule has 7 heavy (non-hydrogen) atoms. The second-order valence-corrected chi connectivity index (χ2v) is 1.74. The van der Waals surface area contributed by atoms with Gasteiger partial charge in [-0.1, -0.05) is 0 Å². The van der Waals surface area contributed by atoms with Crippen LogP contribution < -0.4 is 0 Å². The lowest BCUT2D eigenvalue weighted by Crippen LogP contribution is -1.98. The lowest BCUT2D eigenvalue weighted by Gasteiger charge is -1.95. The van der Waals surface area contributed by atoms with E-state index in [9.17, 15) is 0 Å². The van der Waals surface area contributed by atoms with Gasteiger partial charge in [-0.05, 0) is 6.42 Å². The van der Waals surface area contributed by atoms with E-state index in [1.165, 1.54) is 0 Å². The molecular weight excluding hydrogens is 92.1 g/mol. The second-order valence-electron chi connectivity index (χ2n) is 1.74. The topological polar surface area (TPSA) is 29.5 Å². The number of hydrogen-bond donors (Lipinski definition) is 1. The maximum absolute atomic E-state index is 8.45. The number of aliphatic hydroxyl groups excluding tert-OH is 1. The Labute approximate surface area is 43.1 Å². The Morgan fingerprint density at radius 1 is 1.86 bits per heavy atom. The Morgan fingerprint density at radius 3 is 3.00 bits per heavy atom. The van der Waals surface area contributed by atoms with Crippen LogP contribution in [0.3, 0.4) is 0 Å². The SMILES string of the molecule is OCC1[CH]OCC1. The number of aliphatic hydroxyl groups is 1. The van der Waals surface area contributed by atoms with Crippen LogP contribution in [-0.4, -0.2) is 18.3 Å². The fourth-order valence-corrected chi connectivity index (χ4v) is 0.626. The molecule has 1 N–H and O–H groups in total. The van der Waals surface area contributed by atoms with Gasteiger partial charge in [0.05, 0.1) is 6.61 Å². The van der Waals surface area contributed by atoms with E-state index >= 15 is 0 Å². The van der Waals surface area contributed by atoms with Crippen LogP contribution in [0.4, 0.5) is 0 Å². The third kappa shape index (κ3) is 1.14. The Bertz CT molecular complexity index is 48.0. The van der Waals surface area contributed by atoms with Gasteiger partial charge in [0.2, 0.25) is 0 Å². The molecule has 1 aliphatic rings. The zero-order chi connectivity index (χ0) is 5.11. The van der Waals surface area contributed by atoms with Crippen molar-refractivity contribution in [3.05, 3.63) is 6.61 Å². The third-order valence-electron chi connectivity index (χ3n) is 1.13. The molecule has 0 amide bonds. The lowest BCUT2D eigenvalue weighted by molar-refractivity contribution is 0.216. The van der Waals surface area contributed by atoms with E-state index in [0.717, 1.165) is 13.0 Å². The van der Waals surface area contributed by atoms with Crippen LogP contribution >= 0.6 is 0 Å². The van der Waals surface area contributed by atoms with Crippen LogP contribution in [0.2, 0.25) is 0 Å². The second kappa shape index (κ2) is 2.28. The van der Waals surface area contributed by atoms with Crippen molar-refractivity contribution in [2.45, 2.75) is 6.42 Å². The summed E-state index contributed by atoms with van der Waals surface area (Å²) in [6, 6.07) is 0. The predicted octanol–water partition coefficient (Wildman–Crippen LogP) is 0.177. The smallest absolute Gasteiger partial charge is 0.0891 e. The molecule has 1 atom stereocenters. The normalized spacial score (nSPS) is 31.3. The molecule has 0 saturated carbocycles. The molecule has 1 radical (unpaired) electrons. The maximum Gasteiger partial charge on any atom is 0.0891 e. The van der Waals surface area contributed by atoms with Crippen molar-refractivity contribution >= 4 is 0 Å². The van der Waals surface area contributed by atoms with E-state index in [0.29, 0.717) is 5.92 Å². The quantitative estimate of drug-likeness (QED) is 0.510. The van der Waals surface area contributed by atoms with Crippen molar-refractivity contribution in [1.82, 2.24) is 0 Å². The number of hydrogen-bond acceptors (Lipinski definition) is 2. The van der Waals surface area contributed by atoms with E-state index < -0.39 is 0 Å². The van der Waals surface area contributed by atoms with Gasteiger partial charge in [0.1, 0.15) is 0 Å². The Morgan fingerprint density at radius 2 is 2.71 bits per heavy atom. The zero-order valence-electron chi connectivity index (χ0n) is 4.13. The van der Waals surface area contributed by atoms with Crippen LogP contribution in [0.15, 0.2) is 0 Å². The standard InChI is InChI=1S/C5H9O2/c6-3-5-1-2-7-4-5/h4-6H,1-3H2. The molecule has 1 unspecified atom stereocenters. The maximum atomic E-state index is 8.45. The minimum atomic E-state index is 0.236. The van der Waals surface area contributed by atoms with Crippen molar-refractivity contribution in [3.8, 4) is 0 Å². The van der Waals surface area contributed by atoms with Gasteiger partial charge in [-0.15, -0.1) is 0 Å². The first-order valence-electron chi connectivity index (χ1n) is 2.49. The van der Waals surface area contributed by atoms with Crippen molar-refractivity contribution in [2.24, 2.45) is 5.92 Å². The van der Waals surface area contributed by atoms with Gasteiger partial charge >= 0.3 is 0 Å². The summed E-state index contributed by atoms with van der Waals surface area (Å²) < 4.78 is 4.86. The first-order valence-corrected chi connectivity index (χ1v) is 2.49. The molecule has 0 aromatic heterocycles. The molecule has 2 heteroatoms. The van der Waals surface area contributed by atoms with Gasteiger partial charge < -0.3 is 9.84 Å². The van der Waals surface area contributed by atoms with Crippen molar-refractivity contribution in [3.63, 3.8) is 0 Å². The first kappa shape index (κ1) is 5.06. The minimum absolute atomic E-state index is 0.236. The zero-order valence-corrected chi connectivity index (χ0v) is 4.13. The Hall–Kier alpha value is -0.0800. The van der Waals surface area contributed by atoms with Gasteiger partial charge in [0.25, 0.3) is 0 Å². The fraction of sp³-hybridized carbons (Fsp3) is 0.800. The molecule has 1 fully saturated rings. The van der Waals surface area contributed by atoms with Crippen molar-refractivity contribution in [2.75, 3.05) is 13.2 Å². The largest absolute Gasteiger partial charge is 0.396 e. The summed E-state index contributed by atoms with van der Waals surface area (Å²) >= 11 is 0. The fourth-order valence-electron chi connectivity index (χ4n) is 0.626. The van der Waals surface area contributed by atoms with Crippen LogP contribution in [0.5, 0.6) is 0 Å². The average Bonchev–Trinajstić information content (AvgIpc) is 2.14. The molecule has 41 valence electrons. The third-order valence-corrected chi connectivity index (χ3v) is 1.13. The van der Waals surface area contributed by atoms with Crippen molar-refractivity contribution < 1.29 is 9.84 Å². The lowest BCUT2D eigenvalue weighted by atomic mass is 10.1. The van der Waals surface area contributed by atoms with Crippen molar-refractivity contribution in [1.29, 1.82) is 0 Å². The van der Waals surface area contributed by atoms with E-state index in [4.69, 9.17) is 9.84 Å². The summed E-state index contributed by atoms with van der Waals surface area (Å²) in [4.78, 5) is 0. The molecule has 0 aliphatic carbocycles. The molecule has 1 aliphatic heterocycles. The summed E-state index contributed by atoms with van der Waals surface area (Å²) in [5.41, 5.74) is 0. The highest BCUT2D eigenvalue weighted by molar-refractivity contribution is 4.71. The average molecular weight is 101 g/mol. The highest BCUT2D eigenvalue weighted by Gasteiger charge is 2.13. The Balaban J connectivity index is 2.14. The van der Waals surface area contributed by atoms with Gasteiger partial charge in [-0.25, -0.2) is 0 Å². The van der Waals surface area contributed by atoms with Crippen LogP contribution in [0.25, 0.3) is 0 Å². The summed E-state index contributed by atoms with van der Waals surface area (Å²) in [5, 5.41) is 8.45. The van der Waals surface area contributed by atoms with E-state index in [2.05, 4.69) is 0 Å². The van der Waals surface area contributed by atoms with Crippen LogP contribution in [0.1, 0.15) is 6.42 Å². The minimum Gasteiger partial charge on any atom is -0.396 e. The molecule has 0 aromatic rings. The summed E-state index contributed by atoms with van der Waals surface area (Å²) in [7, 11) is 0. The van der Waals surface area contributed by atoms with Gasteiger partial charge in [-0.3, -0.25) is 0 Å². The van der Waals surface area contributed by atoms with E-state index in [-0.39, 0.29) is 6.61 Å². The molecule has 2 nitrogen and oxygen atoms in total. The van der Waals surface area contributed by atoms with Gasteiger partial charge in [0.15, 0.2) is 0 Å². The first-order chi connectivity index (χ1) is 3.43. The monoisotopic (exact) mass is 101 g/mol. The van der Waals surface area contributed by atoms with Crippen LogP contribution in [-0.2, 0) is 4.74 Å². The molecule has 1 rings (SSSR count). The highest BCUT2D eigenvalue weighted by Crippen LogP contribution is 2.14. The molecule has 1 heterocycles. The summed E-state index contributed by atoms with van der Waals surface area (Å²) in [5.74, 6) is 0.306. The van der Waals surface area contributed by atoms with Gasteiger partial charge in [0, 0.05) is 19.1 Å². The molecule has 0 aromatic carbocycles. The highest BCUT2D eigenvalue weighted by atomic mass is 16.5. The van der Waals surface area contributed by atoms with E-state index in [1.807, 2.05) is 0 Å². The Kier molecular flexibility index (Phi) is 1.65. The predicted molar refractivity (Wildman–Crippen MR) is 25.4 cm³/mol. The summed E-state index contributed by atoms with van der Waals surface area (Å²) in [6.45, 7) is 2.73.